The summed E-state index contributed by atoms with van der Waals surface area (Å²) >= 11 is 12.9. The van der Waals surface area contributed by atoms with Crippen LogP contribution in [0.1, 0.15) is 5.56 Å². The minimum Gasteiger partial charge on any atom is -0.323 e. The maximum Gasteiger partial charge on any atom is 0.244 e. The van der Waals surface area contributed by atoms with Crippen molar-refractivity contribution in [3.8, 4) is 11.3 Å². The van der Waals surface area contributed by atoms with Crippen LogP contribution in [0.2, 0.25) is 5.02 Å². The van der Waals surface area contributed by atoms with Gasteiger partial charge in [0.2, 0.25) is 5.91 Å². The lowest BCUT2D eigenvalue weighted by molar-refractivity contribution is -0.116. The zero-order valence-corrected chi connectivity index (χ0v) is 15.3. The van der Waals surface area contributed by atoms with Crippen molar-refractivity contribution in [3.05, 3.63) is 68.5 Å². The molecule has 0 unspecified atom stereocenters. The number of benzene rings is 2. The number of para-hydroxylation sites is 1. The van der Waals surface area contributed by atoms with Crippen LogP contribution in [0.25, 0.3) is 11.3 Å². The van der Waals surface area contributed by atoms with Crippen LogP contribution in [0.5, 0.6) is 0 Å². The lowest BCUT2D eigenvalue weighted by Crippen LogP contribution is -2.19. The molecule has 1 heterocycles. The Bertz CT molecular complexity index is 929. The van der Waals surface area contributed by atoms with Gasteiger partial charge in [0.15, 0.2) is 3.95 Å². The SMILES string of the molecule is Cc1ccc(-c2csc(=S)n2CC(=O)Nc2ccccc2Cl)cc1. The number of aromatic nitrogens is 1. The van der Waals surface area contributed by atoms with Crippen LogP contribution < -0.4 is 5.32 Å². The molecule has 0 radical (unpaired) electrons. The van der Waals surface area contributed by atoms with Gasteiger partial charge in [0.25, 0.3) is 0 Å². The van der Waals surface area contributed by atoms with E-state index in [9.17, 15) is 4.79 Å². The highest BCUT2D eigenvalue weighted by atomic mass is 35.5. The third-order valence-electron chi connectivity index (χ3n) is 3.58. The van der Waals surface area contributed by atoms with Gasteiger partial charge in [0, 0.05) is 5.38 Å². The number of carbonyl (C=O) groups is 1. The minimum atomic E-state index is -0.161. The van der Waals surface area contributed by atoms with E-state index < -0.39 is 0 Å². The van der Waals surface area contributed by atoms with Crippen LogP contribution in [0, 0.1) is 10.9 Å². The zero-order chi connectivity index (χ0) is 17.1. The monoisotopic (exact) mass is 374 g/mol. The standard InChI is InChI=1S/C18H15ClN2OS2/c1-12-6-8-13(9-7-12)16-11-24-18(23)21(16)10-17(22)20-15-5-3-2-4-14(15)19/h2-9,11H,10H2,1H3,(H,20,22). The largest absolute Gasteiger partial charge is 0.323 e. The molecular formula is C18H15ClN2OS2. The van der Waals surface area contributed by atoms with E-state index in [1.165, 1.54) is 16.9 Å². The highest BCUT2D eigenvalue weighted by Crippen LogP contribution is 2.25. The van der Waals surface area contributed by atoms with E-state index >= 15 is 0 Å². The topological polar surface area (TPSA) is 34.0 Å². The van der Waals surface area contributed by atoms with Crippen LogP contribution in [0.15, 0.2) is 53.9 Å². The number of hydrogen-bond donors (Lipinski definition) is 1. The van der Waals surface area contributed by atoms with Crippen molar-refractivity contribution in [2.24, 2.45) is 0 Å². The van der Waals surface area contributed by atoms with Gasteiger partial charge in [-0.1, -0.05) is 53.6 Å². The number of carbonyl (C=O) groups excluding carboxylic acids is 1. The highest BCUT2D eigenvalue weighted by Gasteiger charge is 2.12. The predicted molar refractivity (Wildman–Crippen MR) is 103 cm³/mol. The lowest BCUT2D eigenvalue weighted by atomic mass is 10.1. The summed E-state index contributed by atoms with van der Waals surface area (Å²) in [6.45, 7) is 2.19. The first-order valence-electron chi connectivity index (χ1n) is 7.34. The summed E-state index contributed by atoms with van der Waals surface area (Å²) in [5, 5.41) is 5.32. The number of nitrogens with one attached hydrogen (secondary N) is 1. The Labute approximate surface area is 154 Å². The van der Waals surface area contributed by atoms with Crippen molar-refractivity contribution in [1.82, 2.24) is 4.57 Å². The lowest BCUT2D eigenvalue weighted by Gasteiger charge is -2.11. The maximum atomic E-state index is 12.4. The molecule has 0 saturated carbocycles. The number of anilines is 1. The van der Waals surface area contributed by atoms with Crippen LogP contribution in [-0.2, 0) is 11.3 Å². The van der Waals surface area contributed by atoms with Gasteiger partial charge in [-0.3, -0.25) is 4.79 Å². The Morgan fingerprint density at radius 3 is 2.62 bits per heavy atom. The summed E-state index contributed by atoms with van der Waals surface area (Å²) in [5.41, 5.74) is 3.77. The molecular weight excluding hydrogens is 360 g/mol. The molecule has 3 rings (SSSR count). The third-order valence-corrected chi connectivity index (χ3v) is 5.18. The molecule has 2 aromatic carbocycles. The summed E-state index contributed by atoms with van der Waals surface area (Å²) < 4.78 is 2.51. The molecule has 1 N–H and O–H groups in total. The van der Waals surface area contributed by atoms with E-state index in [4.69, 9.17) is 23.8 Å². The molecule has 0 bridgehead atoms. The number of nitrogens with zero attached hydrogens (tertiary/aromatic N) is 1. The van der Waals surface area contributed by atoms with Crippen LogP contribution >= 0.6 is 35.2 Å². The van der Waals surface area contributed by atoms with Gasteiger partial charge in [-0.2, -0.15) is 0 Å². The van der Waals surface area contributed by atoms with Crippen molar-refractivity contribution in [1.29, 1.82) is 0 Å². The summed E-state index contributed by atoms with van der Waals surface area (Å²) in [5.74, 6) is -0.161. The molecule has 24 heavy (non-hydrogen) atoms. The molecule has 0 aliphatic heterocycles. The summed E-state index contributed by atoms with van der Waals surface area (Å²) in [4.78, 5) is 12.4. The van der Waals surface area contributed by atoms with Gasteiger partial charge >= 0.3 is 0 Å². The third kappa shape index (κ3) is 3.75. The minimum absolute atomic E-state index is 0.150. The molecule has 1 aromatic heterocycles. The first-order valence-corrected chi connectivity index (χ1v) is 9.01. The molecule has 0 fully saturated rings. The Kier molecular flexibility index (Phi) is 5.14. The number of halogens is 1. The number of thiazole rings is 1. The number of rotatable bonds is 4. The van der Waals surface area contributed by atoms with E-state index in [1.54, 1.807) is 12.1 Å². The maximum absolute atomic E-state index is 12.4. The fourth-order valence-corrected chi connectivity index (χ4v) is 3.58. The molecule has 0 aliphatic rings. The van der Waals surface area contributed by atoms with E-state index in [-0.39, 0.29) is 12.5 Å². The van der Waals surface area contributed by atoms with Gasteiger partial charge in [-0.05, 0) is 36.8 Å². The van der Waals surface area contributed by atoms with Gasteiger partial charge in [-0.15, -0.1) is 11.3 Å². The molecule has 3 aromatic rings. The first kappa shape index (κ1) is 16.9. The molecule has 0 saturated heterocycles. The molecule has 1 amide bonds. The average Bonchev–Trinajstić information content (AvgIpc) is 2.91. The second kappa shape index (κ2) is 7.30. The van der Waals surface area contributed by atoms with Crippen molar-refractivity contribution >= 4 is 46.8 Å². The number of aryl methyl sites for hydroxylation is 1. The molecule has 6 heteroatoms. The smallest absolute Gasteiger partial charge is 0.244 e. The molecule has 122 valence electrons. The van der Waals surface area contributed by atoms with Crippen molar-refractivity contribution < 1.29 is 4.79 Å². The fraction of sp³-hybridized carbons (Fsp3) is 0.111. The molecule has 3 nitrogen and oxygen atoms in total. The highest BCUT2D eigenvalue weighted by molar-refractivity contribution is 7.73. The normalized spacial score (nSPS) is 10.6. The molecule has 0 atom stereocenters. The van der Waals surface area contributed by atoms with E-state index in [0.717, 1.165) is 11.3 Å². The van der Waals surface area contributed by atoms with Crippen molar-refractivity contribution in [3.63, 3.8) is 0 Å². The summed E-state index contributed by atoms with van der Waals surface area (Å²) in [7, 11) is 0. The van der Waals surface area contributed by atoms with Crippen molar-refractivity contribution in [2.75, 3.05) is 5.32 Å². The van der Waals surface area contributed by atoms with Gasteiger partial charge in [-0.25, -0.2) is 0 Å². The van der Waals surface area contributed by atoms with E-state index in [0.29, 0.717) is 14.7 Å². The Morgan fingerprint density at radius 2 is 1.92 bits per heavy atom. The Morgan fingerprint density at radius 1 is 1.21 bits per heavy atom. The summed E-state index contributed by atoms with van der Waals surface area (Å²) in [6.07, 6.45) is 0. The van der Waals surface area contributed by atoms with Gasteiger partial charge < -0.3 is 9.88 Å². The first-order chi connectivity index (χ1) is 11.5. The van der Waals surface area contributed by atoms with Crippen molar-refractivity contribution in [2.45, 2.75) is 13.5 Å². The fourth-order valence-electron chi connectivity index (χ4n) is 2.33. The average molecular weight is 375 g/mol. The number of hydrogen-bond acceptors (Lipinski definition) is 3. The second-order valence-corrected chi connectivity index (χ2v) is 7.28. The Hall–Kier alpha value is -1.95. The second-order valence-electron chi connectivity index (χ2n) is 5.37. The summed E-state index contributed by atoms with van der Waals surface area (Å²) in [6, 6.07) is 15.3. The quantitative estimate of drug-likeness (QED) is 0.608. The zero-order valence-electron chi connectivity index (χ0n) is 13.0. The van der Waals surface area contributed by atoms with Crippen LogP contribution in [0.3, 0.4) is 0 Å². The molecule has 0 aliphatic carbocycles. The van der Waals surface area contributed by atoms with E-state index in [1.807, 2.05) is 53.3 Å². The predicted octanol–water partition coefficient (Wildman–Crippen LogP) is 5.55. The Balaban J connectivity index is 1.84. The van der Waals surface area contributed by atoms with E-state index in [2.05, 4.69) is 5.32 Å². The molecule has 0 spiro atoms. The van der Waals surface area contributed by atoms with Gasteiger partial charge in [0.1, 0.15) is 6.54 Å². The van der Waals surface area contributed by atoms with Gasteiger partial charge in [0.05, 0.1) is 16.4 Å². The number of amides is 1. The van der Waals surface area contributed by atoms with Crippen LogP contribution in [0.4, 0.5) is 5.69 Å². The van der Waals surface area contributed by atoms with Crippen LogP contribution in [-0.4, -0.2) is 10.5 Å².